The Balaban J connectivity index is 1.76. The first-order valence-corrected chi connectivity index (χ1v) is 7.81. The summed E-state index contributed by atoms with van der Waals surface area (Å²) in [5.74, 6) is -0.0713. The largest absolute Gasteiger partial charge is 0.341 e. The van der Waals surface area contributed by atoms with Crippen LogP contribution in [0.3, 0.4) is 0 Å². The highest BCUT2D eigenvalue weighted by Crippen LogP contribution is 2.16. The number of halogens is 1. The minimum absolute atomic E-state index is 0.0846. The van der Waals surface area contributed by atoms with Gasteiger partial charge in [0.2, 0.25) is 5.91 Å². The summed E-state index contributed by atoms with van der Waals surface area (Å²) in [4.78, 5) is 25.6. The number of carbonyl (C=O) groups excluding carboxylic acids is 2. The number of amides is 3. The topological polar surface area (TPSA) is 73.5 Å². The number of anilines is 1. The van der Waals surface area contributed by atoms with Crippen LogP contribution >= 0.6 is 0 Å². The minimum atomic E-state index is -0.395. The monoisotopic (exact) mass is 322 g/mol. The van der Waals surface area contributed by atoms with Crippen molar-refractivity contribution in [3.05, 3.63) is 30.1 Å². The van der Waals surface area contributed by atoms with Crippen LogP contribution in [0.2, 0.25) is 0 Å². The zero-order chi connectivity index (χ0) is 16.7. The Kier molecular flexibility index (Phi) is 6.34. The van der Waals surface area contributed by atoms with Gasteiger partial charge in [0.05, 0.1) is 6.54 Å². The van der Waals surface area contributed by atoms with Crippen molar-refractivity contribution in [1.29, 1.82) is 0 Å². The van der Waals surface area contributed by atoms with Gasteiger partial charge in [-0.15, -0.1) is 0 Å². The average molecular weight is 322 g/mol. The zero-order valence-electron chi connectivity index (χ0n) is 13.3. The smallest absolute Gasteiger partial charge is 0.319 e. The van der Waals surface area contributed by atoms with Gasteiger partial charge in [-0.1, -0.05) is 6.07 Å². The first-order valence-electron chi connectivity index (χ1n) is 7.81. The van der Waals surface area contributed by atoms with Crippen LogP contribution in [0.25, 0.3) is 0 Å². The number of benzene rings is 1. The van der Waals surface area contributed by atoms with Gasteiger partial charge in [0.15, 0.2) is 0 Å². The van der Waals surface area contributed by atoms with Crippen LogP contribution in [0.4, 0.5) is 14.9 Å². The molecule has 0 aliphatic carbocycles. The maximum atomic E-state index is 13.1. The van der Waals surface area contributed by atoms with Crippen LogP contribution in [0, 0.1) is 11.7 Å². The van der Waals surface area contributed by atoms with Crippen LogP contribution in [0.1, 0.15) is 12.8 Å². The standard InChI is InChI=1S/C16H23FN4O2/c1-18-10-15(22)21-7-3-4-12(11-21)9-19-16(23)20-14-6-2-5-13(17)8-14/h2,5-6,8,12,18H,3-4,7,9-11H2,1H3,(H2,19,20,23). The molecule has 2 rings (SSSR count). The summed E-state index contributed by atoms with van der Waals surface area (Å²) in [5.41, 5.74) is 0.414. The fraction of sp³-hybridized carbons (Fsp3) is 0.500. The maximum Gasteiger partial charge on any atom is 0.319 e. The lowest BCUT2D eigenvalue weighted by atomic mass is 9.98. The van der Waals surface area contributed by atoms with Crippen LogP contribution < -0.4 is 16.0 Å². The molecule has 1 aliphatic rings. The minimum Gasteiger partial charge on any atom is -0.341 e. The predicted molar refractivity (Wildman–Crippen MR) is 86.7 cm³/mol. The number of hydrogen-bond acceptors (Lipinski definition) is 3. The number of likely N-dealkylation sites (tertiary alicyclic amines) is 1. The van der Waals surface area contributed by atoms with E-state index in [1.165, 1.54) is 18.2 Å². The Morgan fingerprint density at radius 1 is 1.39 bits per heavy atom. The van der Waals surface area contributed by atoms with Crippen molar-refractivity contribution < 1.29 is 14.0 Å². The SMILES string of the molecule is CNCC(=O)N1CCCC(CNC(=O)Nc2cccc(F)c2)C1. The van der Waals surface area contributed by atoms with E-state index in [0.29, 0.717) is 25.3 Å². The van der Waals surface area contributed by atoms with E-state index >= 15 is 0 Å². The number of likely N-dealkylation sites (N-methyl/N-ethyl adjacent to an activating group) is 1. The highest BCUT2D eigenvalue weighted by molar-refractivity contribution is 5.89. The number of rotatable bonds is 5. The summed E-state index contributed by atoms with van der Waals surface area (Å²) in [7, 11) is 1.75. The molecule has 1 saturated heterocycles. The molecule has 0 spiro atoms. The van der Waals surface area contributed by atoms with Gasteiger partial charge in [-0.25, -0.2) is 9.18 Å². The molecule has 1 aliphatic heterocycles. The first kappa shape index (κ1) is 17.2. The van der Waals surface area contributed by atoms with E-state index in [9.17, 15) is 14.0 Å². The van der Waals surface area contributed by atoms with Gasteiger partial charge in [0.1, 0.15) is 5.82 Å². The third kappa shape index (κ3) is 5.52. The predicted octanol–water partition coefficient (Wildman–Crippen LogP) is 1.41. The Morgan fingerprint density at radius 3 is 2.96 bits per heavy atom. The maximum absolute atomic E-state index is 13.1. The molecule has 7 heteroatoms. The highest BCUT2D eigenvalue weighted by atomic mass is 19.1. The fourth-order valence-electron chi connectivity index (χ4n) is 2.70. The molecular formula is C16H23FN4O2. The van der Waals surface area contributed by atoms with Gasteiger partial charge in [0.25, 0.3) is 0 Å². The van der Waals surface area contributed by atoms with Gasteiger partial charge in [-0.2, -0.15) is 0 Å². The van der Waals surface area contributed by atoms with Crippen LogP contribution in [-0.4, -0.2) is 50.1 Å². The summed E-state index contributed by atoms with van der Waals surface area (Å²) < 4.78 is 13.1. The number of nitrogens with one attached hydrogen (secondary N) is 3. The molecule has 6 nitrogen and oxygen atoms in total. The first-order chi connectivity index (χ1) is 11.1. The lowest BCUT2D eigenvalue weighted by Gasteiger charge is -2.32. The molecule has 1 atom stereocenters. The van der Waals surface area contributed by atoms with E-state index in [2.05, 4.69) is 16.0 Å². The number of carbonyl (C=O) groups is 2. The van der Waals surface area contributed by atoms with Crippen molar-refractivity contribution in [2.24, 2.45) is 5.92 Å². The second kappa shape index (κ2) is 8.47. The summed E-state index contributed by atoms with van der Waals surface area (Å²) in [6, 6.07) is 5.38. The molecule has 0 radical (unpaired) electrons. The lowest BCUT2D eigenvalue weighted by molar-refractivity contribution is -0.131. The van der Waals surface area contributed by atoms with E-state index in [4.69, 9.17) is 0 Å². The average Bonchev–Trinajstić information content (AvgIpc) is 2.53. The molecular weight excluding hydrogens is 299 g/mol. The van der Waals surface area contributed by atoms with E-state index in [0.717, 1.165) is 19.4 Å². The molecule has 1 aromatic carbocycles. The number of nitrogens with zero attached hydrogens (tertiary/aromatic N) is 1. The normalized spacial score (nSPS) is 17.7. The summed E-state index contributed by atoms with van der Waals surface area (Å²) in [5, 5.41) is 8.24. The van der Waals surface area contributed by atoms with Gasteiger partial charge >= 0.3 is 6.03 Å². The second-order valence-electron chi connectivity index (χ2n) is 5.72. The van der Waals surface area contributed by atoms with Crippen molar-refractivity contribution in [1.82, 2.24) is 15.5 Å². The highest BCUT2D eigenvalue weighted by Gasteiger charge is 2.23. The fourth-order valence-corrected chi connectivity index (χ4v) is 2.70. The molecule has 0 bridgehead atoms. The van der Waals surface area contributed by atoms with Gasteiger partial charge in [-0.3, -0.25) is 4.79 Å². The summed E-state index contributed by atoms with van der Waals surface area (Å²) >= 11 is 0. The molecule has 0 saturated carbocycles. The number of hydrogen-bond donors (Lipinski definition) is 3. The molecule has 3 N–H and O–H groups in total. The Morgan fingerprint density at radius 2 is 2.22 bits per heavy atom. The van der Waals surface area contributed by atoms with Gasteiger partial charge in [0, 0.05) is 25.3 Å². The summed E-state index contributed by atoms with van der Waals surface area (Å²) in [6.45, 7) is 2.25. The van der Waals surface area contributed by atoms with Crippen molar-refractivity contribution >= 4 is 17.6 Å². The van der Waals surface area contributed by atoms with Gasteiger partial charge in [-0.05, 0) is 44.0 Å². The summed E-state index contributed by atoms with van der Waals surface area (Å²) in [6.07, 6.45) is 1.91. The molecule has 23 heavy (non-hydrogen) atoms. The molecule has 1 unspecified atom stereocenters. The van der Waals surface area contributed by atoms with Crippen molar-refractivity contribution in [3.63, 3.8) is 0 Å². The van der Waals surface area contributed by atoms with Crippen molar-refractivity contribution in [3.8, 4) is 0 Å². The number of urea groups is 1. The quantitative estimate of drug-likeness (QED) is 0.767. The molecule has 1 aromatic rings. The van der Waals surface area contributed by atoms with E-state index in [1.54, 1.807) is 13.1 Å². The molecule has 126 valence electrons. The molecule has 1 fully saturated rings. The number of piperidine rings is 1. The third-order valence-electron chi connectivity index (χ3n) is 3.83. The Bertz CT molecular complexity index is 553. The molecule has 3 amide bonds. The second-order valence-corrected chi connectivity index (χ2v) is 5.72. The zero-order valence-corrected chi connectivity index (χ0v) is 13.3. The van der Waals surface area contributed by atoms with Gasteiger partial charge < -0.3 is 20.9 Å². The van der Waals surface area contributed by atoms with Crippen molar-refractivity contribution in [2.75, 3.05) is 38.5 Å². The van der Waals surface area contributed by atoms with Crippen molar-refractivity contribution in [2.45, 2.75) is 12.8 Å². The van der Waals surface area contributed by atoms with E-state index in [-0.39, 0.29) is 17.9 Å². The Labute approximate surface area is 135 Å². The lowest BCUT2D eigenvalue weighted by Crippen LogP contribution is -2.46. The third-order valence-corrected chi connectivity index (χ3v) is 3.83. The van der Waals surface area contributed by atoms with E-state index < -0.39 is 5.82 Å². The van der Waals surface area contributed by atoms with E-state index in [1.807, 2.05) is 4.90 Å². The van der Waals surface area contributed by atoms with Crippen LogP contribution in [-0.2, 0) is 4.79 Å². The Hall–Kier alpha value is -2.15. The molecule has 1 heterocycles. The van der Waals surface area contributed by atoms with Crippen LogP contribution in [0.5, 0.6) is 0 Å². The molecule has 0 aromatic heterocycles. The van der Waals surface area contributed by atoms with Crippen LogP contribution in [0.15, 0.2) is 24.3 Å².